The first-order valence-corrected chi connectivity index (χ1v) is 8.30. The van der Waals surface area contributed by atoms with Crippen molar-refractivity contribution in [3.63, 3.8) is 0 Å². The van der Waals surface area contributed by atoms with Gasteiger partial charge in [0.1, 0.15) is 0 Å². The van der Waals surface area contributed by atoms with Crippen molar-refractivity contribution < 1.29 is 27.5 Å². The lowest BCUT2D eigenvalue weighted by atomic mass is 10.8. The molecule has 0 atom stereocenters. The molecule has 6 nitrogen and oxygen atoms in total. The standard InChI is InChI=1S/C10H24O6SSi/c1-11-4-7-14-18(10-17,15-8-5-12-2)16-9-6-13-3/h17H,4-10H2,1-3H3. The van der Waals surface area contributed by atoms with Gasteiger partial charge in [-0.1, -0.05) is 0 Å². The predicted molar refractivity (Wildman–Crippen MR) is 73.1 cm³/mol. The Balaban J connectivity index is 4.20. The van der Waals surface area contributed by atoms with Gasteiger partial charge in [-0.3, -0.25) is 0 Å². The molecule has 0 aliphatic carbocycles. The first-order valence-electron chi connectivity index (χ1n) is 5.74. The molecule has 0 radical (unpaired) electrons. The summed E-state index contributed by atoms with van der Waals surface area (Å²) in [5.41, 5.74) is 0. The van der Waals surface area contributed by atoms with Crippen LogP contribution in [0.3, 0.4) is 0 Å². The van der Waals surface area contributed by atoms with Crippen molar-refractivity contribution in [3.8, 4) is 0 Å². The third-order valence-electron chi connectivity index (χ3n) is 2.02. The zero-order valence-electron chi connectivity index (χ0n) is 11.3. The summed E-state index contributed by atoms with van der Waals surface area (Å²) in [4.78, 5) is 0. The molecule has 0 aliphatic heterocycles. The summed E-state index contributed by atoms with van der Waals surface area (Å²) in [6.45, 7) is 2.73. The molecule has 0 fully saturated rings. The second-order valence-corrected chi connectivity index (χ2v) is 6.86. The van der Waals surface area contributed by atoms with Crippen molar-refractivity contribution in [1.29, 1.82) is 0 Å². The zero-order chi connectivity index (χ0) is 13.7. The Morgan fingerprint density at radius 2 is 1.00 bits per heavy atom. The van der Waals surface area contributed by atoms with E-state index in [4.69, 9.17) is 27.5 Å². The lowest BCUT2D eigenvalue weighted by molar-refractivity contribution is 0.0185. The van der Waals surface area contributed by atoms with E-state index < -0.39 is 8.80 Å². The van der Waals surface area contributed by atoms with Gasteiger partial charge in [0.15, 0.2) is 0 Å². The molecular weight excluding hydrogens is 276 g/mol. The van der Waals surface area contributed by atoms with Crippen molar-refractivity contribution in [2.75, 3.05) is 66.3 Å². The summed E-state index contributed by atoms with van der Waals surface area (Å²) in [6, 6.07) is 0. The van der Waals surface area contributed by atoms with Crippen LogP contribution in [0.2, 0.25) is 0 Å². The third kappa shape index (κ3) is 8.43. The molecule has 0 aromatic carbocycles. The highest BCUT2D eigenvalue weighted by molar-refractivity contribution is 7.82. The molecule has 0 bridgehead atoms. The van der Waals surface area contributed by atoms with Gasteiger partial charge in [-0.15, -0.1) is 0 Å². The molecule has 0 rings (SSSR count). The van der Waals surface area contributed by atoms with Crippen molar-refractivity contribution in [1.82, 2.24) is 0 Å². The number of rotatable bonds is 13. The van der Waals surface area contributed by atoms with Gasteiger partial charge >= 0.3 is 8.80 Å². The molecule has 0 aromatic heterocycles. The van der Waals surface area contributed by atoms with Crippen molar-refractivity contribution in [2.24, 2.45) is 0 Å². The first-order chi connectivity index (χ1) is 8.74. The van der Waals surface area contributed by atoms with Gasteiger partial charge in [0.25, 0.3) is 0 Å². The number of ether oxygens (including phenoxy) is 3. The van der Waals surface area contributed by atoms with Crippen molar-refractivity contribution in [2.45, 2.75) is 0 Å². The van der Waals surface area contributed by atoms with Gasteiger partial charge in [-0.2, -0.15) is 12.6 Å². The molecule has 0 aliphatic rings. The average Bonchev–Trinajstić information content (AvgIpc) is 2.39. The van der Waals surface area contributed by atoms with Gasteiger partial charge in [0, 0.05) is 21.3 Å². The third-order valence-corrected chi connectivity index (χ3v) is 5.50. The molecule has 18 heavy (non-hydrogen) atoms. The molecule has 110 valence electrons. The fraction of sp³-hybridized carbons (Fsp3) is 1.00. The average molecular weight is 300 g/mol. The van der Waals surface area contributed by atoms with Crippen molar-refractivity contribution >= 4 is 21.4 Å². The number of methoxy groups -OCH3 is 3. The van der Waals surface area contributed by atoms with E-state index in [9.17, 15) is 0 Å². The van der Waals surface area contributed by atoms with Crippen molar-refractivity contribution in [3.05, 3.63) is 0 Å². The highest BCUT2D eigenvalue weighted by Gasteiger charge is 2.39. The molecule has 0 unspecified atom stereocenters. The molecule has 0 aromatic rings. The van der Waals surface area contributed by atoms with E-state index >= 15 is 0 Å². The predicted octanol–water partition coefficient (Wildman–Crippen LogP) is 0.383. The van der Waals surface area contributed by atoms with E-state index in [1.165, 1.54) is 0 Å². The maximum absolute atomic E-state index is 5.69. The Labute approximate surface area is 116 Å². The fourth-order valence-electron chi connectivity index (χ4n) is 1.10. The summed E-state index contributed by atoms with van der Waals surface area (Å²) in [7, 11) is 2.09. The van der Waals surface area contributed by atoms with Gasteiger partial charge in [0.2, 0.25) is 0 Å². The second kappa shape index (κ2) is 12.4. The Kier molecular flexibility index (Phi) is 12.6. The number of hydrogen-bond acceptors (Lipinski definition) is 7. The largest absolute Gasteiger partial charge is 0.511 e. The van der Waals surface area contributed by atoms with E-state index in [0.717, 1.165) is 0 Å². The van der Waals surface area contributed by atoms with Crippen LogP contribution >= 0.6 is 12.6 Å². The summed E-state index contributed by atoms with van der Waals surface area (Å²) >= 11 is 4.27. The summed E-state index contributed by atoms with van der Waals surface area (Å²) in [5, 5.41) is 0.407. The van der Waals surface area contributed by atoms with Crippen LogP contribution in [0, 0.1) is 0 Å². The first kappa shape index (κ1) is 18.3. The van der Waals surface area contributed by atoms with Gasteiger partial charge in [0.05, 0.1) is 45.0 Å². The maximum atomic E-state index is 5.69. The summed E-state index contributed by atoms with van der Waals surface area (Å²) < 4.78 is 31.9. The quantitative estimate of drug-likeness (QED) is 0.302. The van der Waals surface area contributed by atoms with Crippen LogP contribution in [0.25, 0.3) is 0 Å². The number of thiol groups is 1. The fourth-order valence-corrected chi connectivity index (χ4v) is 3.63. The Bertz CT molecular complexity index is 159. The highest BCUT2D eigenvalue weighted by Crippen LogP contribution is 2.12. The van der Waals surface area contributed by atoms with E-state index in [0.29, 0.717) is 45.0 Å². The lowest BCUT2D eigenvalue weighted by Crippen LogP contribution is -2.50. The van der Waals surface area contributed by atoms with E-state index in [1.807, 2.05) is 0 Å². The van der Waals surface area contributed by atoms with Gasteiger partial charge in [-0.25, -0.2) is 0 Å². The molecule has 0 saturated carbocycles. The minimum absolute atomic E-state index is 0.407. The summed E-state index contributed by atoms with van der Waals surface area (Å²) in [5.74, 6) is 0. The second-order valence-electron chi connectivity index (χ2n) is 3.36. The number of hydrogen-bond donors (Lipinski definition) is 1. The maximum Gasteiger partial charge on any atom is 0.511 e. The molecule has 0 spiro atoms. The van der Waals surface area contributed by atoms with E-state index in [1.54, 1.807) is 21.3 Å². The topological polar surface area (TPSA) is 55.4 Å². The van der Waals surface area contributed by atoms with Gasteiger partial charge in [-0.05, 0) is 0 Å². The highest BCUT2D eigenvalue weighted by atomic mass is 32.1. The van der Waals surface area contributed by atoms with Crippen LogP contribution < -0.4 is 0 Å². The van der Waals surface area contributed by atoms with Crippen LogP contribution in [0.4, 0.5) is 0 Å². The molecule has 0 heterocycles. The molecule has 0 N–H and O–H groups in total. The van der Waals surface area contributed by atoms with E-state index in [2.05, 4.69) is 12.6 Å². The molecular formula is C10H24O6SSi. The Hall–Kier alpha value is 0.327. The van der Waals surface area contributed by atoms with E-state index in [-0.39, 0.29) is 0 Å². The Morgan fingerprint density at radius 3 is 1.22 bits per heavy atom. The minimum Gasteiger partial charge on any atom is -0.382 e. The van der Waals surface area contributed by atoms with Gasteiger partial charge < -0.3 is 27.5 Å². The molecule has 0 amide bonds. The zero-order valence-corrected chi connectivity index (χ0v) is 13.2. The van der Waals surface area contributed by atoms with Crippen LogP contribution in [0.1, 0.15) is 0 Å². The van der Waals surface area contributed by atoms with Crippen LogP contribution in [0.5, 0.6) is 0 Å². The monoisotopic (exact) mass is 300 g/mol. The summed E-state index contributed by atoms with van der Waals surface area (Å²) in [6.07, 6.45) is 0. The molecule has 0 saturated heterocycles. The Morgan fingerprint density at radius 1 is 0.667 bits per heavy atom. The normalized spacial score (nSPS) is 12.0. The lowest BCUT2D eigenvalue weighted by Gasteiger charge is -2.28. The molecule has 8 heteroatoms. The van der Waals surface area contributed by atoms with Crippen LogP contribution in [0.15, 0.2) is 0 Å². The van der Waals surface area contributed by atoms with Crippen LogP contribution in [-0.2, 0) is 27.5 Å². The smallest absolute Gasteiger partial charge is 0.382 e. The SMILES string of the molecule is COCCO[Si](CS)(OCCOC)OCCOC. The minimum atomic E-state index is -2.76. The van der Waals surface area contributed by atoms with Crippen LogP contribution in [-0.4, -0.2) is 75.2 Å².